The summed E-state index contributed by atoms with van der Waals surface area (Å²) in [6.45, 7) is -0.0284. The van der Waals surface area contributed by atoms with Gasteiger partial charge in [0.2, 0.25) is 0 Å². The Bertz CT molecular complexity index is 929. The molecule has 4 aliphatic rings. The van der Waals surface area contributed by atoms with E-state index in [0.29, 0.717) is 0 Å². The van der Waals surface area contributed by atoms with Crippen LogP contribution in [0.3, 0.4) is 0 Å². The molecule has 1 saturated heterocycles. The fraction of sp³-hybridized carbons (Fsp3) is 0.350. The van der Waals surface area contributed by atoms with Crippen LogP contribution in [0, 0.1) is 46.1 Å². The van der Waals surface area contributed by atoms with Gasteiger partial charge < -0.3 is 4.74 Å². The van der Waals surface area contributed by atoms with Crippen molar-refractivity contribution in [2.24, 2.45) is 28.8 Å². The summed E-state index contributed by atoms with van der Waals surface area (Å²) in [6.07, 6.45) is 12.3. The van der Waals surface area contributed by atoms with Gasteiger partial charge in [0, 0.05) is 17.7 Å². The lowest BCUT2D eigenvalue weighted by Gasteiger charge is -2.37. The van der Waals surface area contributed by atoms with Crippen molar-refractivity contribution in [2.45, 2.75) is 12.8 Å². The van der Waals surface area contributed by atoms with Gasteiger partial charge in [-0.2, -0.15) is 10.1 Å². The Morgan fingerprint density at radius 2 is 1.89 bits per heavy atom. The Balaban J connectivity index is 1.63. The minimum atomic E-state index is -0.549. The molecular weight excluding hydrogens is 362 g/mol. The minimum absolute atomic E-state index is 0.0284. The van der Waals surface area contributed by atoms with E-state index in [1.807, 2.05) is 12.2 Å². The maximum atomic E-state index is 12.8. The maximum absolute atomic E-state index is 12.8. The van der Waals surface area contributed by atoms with E-state index >= 15 is 0 Å². The summed E-state index contributed by atoms with van der Waals surface area (Å²) in [5.74, 6) is 1.37. The number of allylic oxidation sites excluding steroid dienone is 2. The number of ether oxygens (including phenoxy) is 1. The summed E-state index contributed by atoms with van der Waals surface area (Å²) < 4.78 is 5.38. The van der Waals surface area contributed by atoms with Gasteiger partial charge in [-0.1, -0.05) is 18.1 Å². The van der Waals surface area contributed by atoms with Crippen LogP contribution in [0.1, 0.15) is 18.4 Å². The first-order chi connectivity index (χ1) is 13.5. The highest BCUT2D eigenvalue weighted by Crippen LogP contribution is 2.49. The van der Waals surface area contributed by atoms with Gasteiger partial charge in [-0.25, -0.2) is 0 Å². The molecule has 2 bridgehead atoms. The van der Waals surface area contributed by atoms with Crippen LogP contribution in [0.25, 0.3) is 0 Å². The van der Waals surface area contributed by atoms with Gasteiger partial charge in [0.05, 0.1) is 23.0 Å². The lowest BCUT2D eigenvalue weighted by molar-refractivity contribution is -0.384. The lowest BCUT2D eigenvalue weighted by atomic mass is 9.63. The third-order valence-corrected chi connectivity index (χ3v) is 5.56. The monoisotopic (exact) mass is 379 g/mol. The van der Waals surface area contributed by atoms with Gasteiger partial charge >= 0.3 is 0 Å². The third-order valence-electron chi connectivity index (χ3n) is 5.56. The molecule has 142 valence electrons. The highest BCUT2D eigenvalue weighted by atomic mass is 16.6. The Labute approximate surface area is 161 Å². The summed E-state index contributed by atoms with van der Waals surface area (Å²) in [7, 11) is 0. The molecule has 4 atom stereocenters. The molecule has 1 heterocycles. The van der Waals surface area contributed by atoms with Crippen molar-refractivity contribution < 1.29 is 19.2 Å². The summed E-state index contributed by atoms with van der Waals surface area (Å²) in [5.41, 5.74) is 0.102. The molecule has 0 N–H and O–H groups in total. The van der Waals surface area contributed by atoms with E-state index in [-0.39, 0.29) is 59.1 Å². The highest BCUT2D eigenvalue weighted by Gasteiger charge is 2.56. The zero-order chi connectivity index (χ0) is 19.8. The van der Waals surface area contributed by atoms with E-state index in [2.05, 4.69) is 11.0 Å². The normalized spacial score (nSPS) is 27.9. The zero-order valence-corrected chi connectivity index (χ0v) is 14.9. The molecule has 5 rings (SSSR count). The molecule has 28 heavy (non-hydrogen) atoms. The molecule has 0 aromatic heterocycles. The van der Waals surface area contributed by atoms with Crippen molar-refractivity contribution in [2.75, 3.05) is 6.61 Å². The van der Waals surface area contributed by atoms with E-state index in [1.54, 1.807) is 0 Å². The molecule has 1 saturated carbocycles. The fourth-order valence-electron chi connectivity index (χ4n) is 4.29. The summed E-state index contributed by atoms with van der Waals surface area (Å²) in [6, 6.07) is 3.96. The van der Waals surface area contributed by atoms with Gasteiger partial charge in [0.15, 0.2) is 0 Å². The number of nitro groups is 1. The lowest BCUT2D eigenvalue weighted by Crippen LogP contribution is -2.38. The van der Waals surface area contributed by atoms with Crippen LogP contribution in [0.4, 0.5) is 5.69 Å². The Morgan fingerprint density at radius 3 is 2.43 bits per heavy atom. The molecule has 0 radical (unpaired) electrons. The van der Waals surface area contributed by atoms with Crippen LogP contribution < -0.4 is 4.74 Å². The van der Waals surface area contributed by atoms with E-state index in [9.17, 15) is 19.7 Å². The van der Waals surface area contributed by atoms with Crippen molar-refractivity contribution in [1.29, 1.82) is 0 Å². The number of carbonyl (C=O) groups excluding carboxylic acids is 2. The van der Waals surface area contributed by atoms with Gasteiger partial charge in [-0.3, -0.25) is 19.7 Å². The van der Waals surface area contributed by atoms with Crippen LogP contribution >= 0.6 is 0 Å². The highest BCUT2D eigenvalue weighted by molar-refractivity contribution is 6.06. The number of hydrogen-bond donors (Lipinski definition) is 0. The largest absolute Gasteiger partial charge is 0.480 e. The van der Waals surface area contributed by atoms with Crippen LogP contribution in [-0.2, 0) is 9.59 Å². The van der Waals surface area contributed by atoms with Crippen molar-refractivity contribution in [3.63, 3.8) is 0 Å². The average Bonchev–Trinajstić information content (AvgIpc) is 2.98. The number of amides is 2. The number of nitro benzene ring substituents is 1. The number of terminal acetylenes is 1. The number of benzene rings is 1. The summed E-state index contributed by atoms with van der Waals surface area (Å²) in [5, 5.41) is 16.0. The van der Waals surface area contributed by atoms with Crippen molar-refractivity contribution in [1.82, 2.24) is 5.01 Å². The molecule has 3 aliphatic carbocycles. The summed E-state index contributed by atoms with van der Waals surface area (Å²) in [4.78, 5) is 36.1. The molecule has 1 aromatic rings. The van der Waals surface area contributed by atoms with E-state index in [1.165, 1.54) is 24.4 Å². The quantitative estimate of drug-likeness (QED) is 0.195. The topological polar surface area (TPSA) is 102 Å². The van der Waals surface area contributed by atoms with Crippen LogP contribution in [0.15, 0.2) is 35.5 Å². The van der Waals surface area contributed by atoms with E-state index in [0.717, 1.165) is 17.9 Å². The number of imide groups is 1. The molecule has 0 unspecified atom stereocenters. The fourth-order valence-corrected chi connectivity index (χ4v) is 4.29. The first kappa shape index (κ1) is 17.9. The average molecular weight is 379 g/mol. The van der Waals surface area contributed by atoms with Crippen molar-refractivity contribution in [3.8, 4) is 18.1 Å². The van der Waals surface area contributed by atoms with Crippen molar-refractivity contribution >= 4 is 23.7 Å². The first-order valence-electron chi connectivity index (χ1n) is 8.96. The van der Waals surface area contributed by atoms with Gasteiger partial charge in [-0.05, 0) is 30.7 Å². The van der Waals surface area contributed by atoms with E-state index in [4.69, 9.17) is 11.2 Å². The molecule has 8 heteroatoms. The third kappa shape index (κ3) is 2.85. The molecule has 1 aromatic carbocycles. The second kappa shape index (κ2) is 6.93. The van der Waals surface area contributed by atoms with Crippen molar-refractivity contribution in [3.05, 3.63) is 46.0 Å². The number of hydrazone groups is 1. The number of fused-ring (bicyclic) bond motifs is 1. The van der Waals surface area contributed by atoms with Gasteiger partial charge in [0.1, 0.15) is 12.4 Å². The predicted molar refractivity (Wildman–Crippen MR) is 99.2 cm³/mol. The number of nitrogens with zero attached hydrogens (tertiary/aromatic N) is 3. The SMILES string of the molecule is C#CCOc1ccc([N+](=O)[O-])cc1/C=N\N1C(=O)[C@@H]2[C@H](C1=O)[C@H]1C=C[C@H]2CC1. The minimum Gasteiger partial charge on any atom is -0.480 e. The molecule has 2 fully saturated rings. The predicted octanol–water partition coefficient (Wildman–Crippen LogP) is 2.14. The molecule has 8 nitrogen and oxygen atoms in total. The Morgan fingerprint density at radius 1 is 1.25 bits per heavy atom. The van der Waals surface area contributed by atoms with Gasteiger partial charge in [0.25, 0.3) is 17.5 Å². The maximum Gasteiger partial charge on any atom is 0.270 e. The van der Waals surface area contributed by atoms with Gasteiger partial charge in [-0.15, -0.1) is 6.42 Å². The van der Waals surface area contributed by atoms with Crippen LogP contribution in [0.5, 0.6) is 5.75 Å². The second-order valence-corrected chi connectivity index (χ2v) is 7.05. The van der Waals surface area contributed by atoms with Crippen LogP contribution in [0.2, 0.25) is 0 Å². The zero-order valence-electron chi connectivity index (χ0n) is 14.9. The molecule has 0 spiro atoms. The van der Waals surface area contributed by atoms with E-state index < -0.39 is 4.92 Å². The summed E-state index contributed by atoms with van der Waals surface area (Å²) >= 11 is 0. The molecule has 2 amide bonds. The van der Waals surface area contributed by atoms with Crippen LogP contribution in [-0.4, -0.2) is 34.6 Å². The molecular formula is C20H17N3O5. The Hall–Kier alpha value is -3.47. The molecule has 1 aliphatic heterocycles. The standard InChI is InChI=1S/C20H17N3O5/c1-2-9-28-16-8-7-15(23(26)27)10-14(16)11-21-22-19(24)17-12-3-4-13(6-5-12)18(17)20(22)25/h1,3-4,7-8,10-13,17-18H,5-6,9H2/b21-11-/t12-,13-,17-,18+/m0/s1. The Kier molecular flexibility index (Phi) is 4.43. The smallest absolute Gasteiger partial charge is 0.270 e. The second-order valence-electron chi connectivity index (χ2n) is 7.05. The number of non-ortho nitro benzene ring substituents is 1. The first-order valence-corrected chi connectivity index (χ1v) is 8.96. The number of rotatable bonds is 5. The number of hydrogen-bond acceptors (Lipinski definition) is 6. The number of carbonyl (C=O) groups is 2.